The highest BCUT2D eigenvalue weighted by molar-refractivity contribution is 7.14. The van der Waals surface area contributed by atoms with Crippen molar-refractivity contribution in [1.29, 1.82) is 5.26 Å². The van der Waals surface area contributed by atoms with E-state index in [-0.39, 0.29) is 5.56 Å². The number of hydrogen-bond acceptors (Lipinski definition) is 7. The lowest BCUT2D eigenvalue weighted by molar-refractivity contribution is -0.119. The lowest BCUT2D eigenvalue weighted by atomic mass is 10.2. The molecule has 2 rings (SSSR count). The number of amides is 1. The molecule has 1 N–H and O–H groups in total. The number of nitriles is 1. The fraction of sp³-hybridized carbons (Fsp3) is 0.278. The Morgan fingerprint density at radius 3 is 2.58 bits per heavy atom. The first-order valence-electron chi connectivity index (χ1n) is 7.93. The molecule has 1 aromatic carbocycles. The van der Waals surface area contributed by atoms with Crippen LogP contribution in [0.5, 0.6) is 11.5 Å². The van der Waals surface area contributed by atoms with Gasteiger partial charge in [0.05, 0.1) is 24.3 Å². The summed E-state index contributed by atoms with van der Waals surface area (Å²) in [6.45, 7) is 4.10. The summed E-state index contributed by atoms with van der Waals surface area (Å²) in [5.41, 5.74) is 0.612. The molecule has 7 nitrogen and oxygen atoms in total. The standard InChI is InChI=1S/C18H18N2O5S/c1-3-23-14-6-5-12(9-15(14)24-4-2)18(22)25-11-16(21)20-17-13(10-19)7-8-26-17/h5-9H,3-4,11H2,1-2H3,(H,20,21). The van der Waals surface area contributed by atoms with E-state index in [0.29, 0.717) is 35.3 Å². The molecule has 0 aliphatic carbocycles. The molecule has 8 heteroatoms. The maximum absolute atomic E-state index is 12.2. The van der Waals surface area contributed by atoms with E-state index in [2.05, 4.69) is 5.32 Å². The number of nitrogens with zero attached hydrogens (tertiary/aromatic N) is 1. The van der Waals surface area contributed by atoms with Gasteiger partial charge in [0.25, 0.3) is 5.91 Å². The first-order chi connectivity index (χ1) is 12.6. The van der Waals surface area contributed by atoms with Gasteiger partial charge in [-0.05, 0) is 43.5 Å². The van der Waals surface area contributed by atoms with Gasteiger partial charge in [0.1, 0.15) is 11.1 Å². The highest BCUT2D eigenvalue weighted by atomic mass is 32.1. The van der Waals surface area contributed by atoms with E-state index < -0.39 is 18.5 Å². The minimum atomic E-state index is -0.657. The molecule has 0 saturated heterocycles. The van der Waals surface area contributed by atoms with Crippen molar-refractivity contribution in [3.8, 4) is 17.6 Å². The van der Waals surface area contributed by atoms with Gasteiger partial charge in [-0.1, -0.05) is 0 Å². The topological polar surface area (TPSA) is 97.6 Å². The van der Waals surface area contributed by atoms with Crippen molar-refractivity contribution >= 4 is 28.2 Å². The second-order valence-electron chi connectivity index (χ2n) is 4.93. The van der Waals surface area contributed by atoms with Crippen molar-refractivity contribution in [2.75, 3.05) is 25.1 Å². The van der Waals surface area contributed by atoms with E-state index in [1.165, 1.54) is 17.4 Å². The Kier molecular flexibility index (Phi) is 7.00. The summed E-state index contributed by atoms with van der Waals surface area (Å²) in [5.74, 6) is -0.208. The van der Waals surface area contributed by atoms with Gasteiger partial charge in [0, 0.05) is 0 Å². The van der Waals surface area contributed by atoms with Gasteiger partial charge in [-0.15, -0.1) is 11.3 Å². The van der Waals surface area contributed by atoms with Gasteiger partial charge in [0.15, 0.2) is 18.1 Å². The molecular formula is C18H18N2O5S. The van der Waals surface area contributed by atoms with Crippen molar-refractivity contribution < 1.29 is 23.8 Å². The number of carbonyl (C=O) groups excluding carboxylic acids is 2. The number of ether oxygens (including phenoxy) is 3. The van der Waals surface area contributed by atoms with Crippen LogP contribution in [0.2, 0.25) is 0 Å². The molecule has 0 radical (unpaired) electrons. The first kappa shape index (κ1) is 19.3. The Labute approximate surface area is 155 Å². The molecule has 0 aliphatic rings. The molecule has 136 valence electrons. The van der Waals surface area contributed by atoms with E-state index in [9.17, 15) is 9.59 Å². The Hall–Kier alpha value is -3.05. The average molecular weight is 374 g/mol. The molecule has 1 aromatic heterocycles. The predicted octanol–water partition coefficient (Wildman–Crippen LogP) is 3.21. The highest BCUT2D eigenvalue weighted by Gasteiger charge is 2.15. The molecule has 0 unspecified atom stereocenters. The van der Waals surface area contributed by atoms with Crippen LogP contribution in [-0.4, -0.2) is 31.7 Å². The number of esters is 1. The Morgan fingerprint density at radius 1 is 1.15 bits per heavy atom. The minimum Gasteiger partial charge on any atom is -0.490 e. The van der Waals surface area contributed by atoms with Crippen molar-refractivity contribution in [2.24, 2.45) is 0 Å². The Bertz CT molecular complexity index is 825. The quantitative estimate of drug-likeness (QED) is 0.713. The van der Waals surface area contributed by atoms with Crippen molar-refractivity contribution in [1.82, 2.24) is 0 Å². The van der Waals surface area contributed by atoms with Crippen molar-refractivity contribution in [2.45, 2.75) is 13.8 Å². The maximum Gasteiger partial charge on any atom is 0.338 e. The van der Waals surface area contributed by atoms with Gasteiger partial charge >= 0.3 is 5.97 Å². The summed E-state index contributed by atoms with van der Waals surface area (Å²) in [7, 11) is 0. The molecule has 26 heavy (non-hydrogen) atoms. The van der Waals surface area contributed by atoms with Gasteiger partial charge in [-0.3, -0.25) is 4.79 Å². The monoisotopic (exact) mass is 374 g/mol. The molecular weight excluding hydrogens is 356 g/mol. The SMILES string of the molecule is CCOc1ccc(C(=O)OCC(=O)Nc2sccc2C#N)cc1OCC. The second kappa shape index (κ2) is 9.44. The summed E-state index contributed by atoms with van der Waals surface area (Å²) < 4.78 is 15.9. The van der Waals surface area contributed by atoms with Crippen LogP contribution in [-0.2, 0) is 9.53 Å². The number of anilines is 1. The number of benzene rings is 1. The molecule has 1 amide bonds. The van der Waals surface area contributed by atoms with Crippen LogP contribution in [0.25, 0.3) is 0 Å². The van der Waals surface area contributed by atoms with Crippen LogP contribution in [0, 0.1) is 11.3 Å². The second-order valence-corrected chi connectivity index (χ2v) is 5.84. The summed E-state index contributed by atoms with van der Waals surface area (Å²) in [4.78, 5) is 24.0. The molecule has 2 aromatic rings. The summed E-state index contributed by atoms with van der Waals surface area (Å²) in [5, 5.41) is 13.6. The molecule has 0 atom stereocenters. The first-order valence-corrected chi connectivity index (χ1v) is 8.81. The number of carbonyl (C=O) groups is 2. The molecule has 0 bridgehead atoms. The minimum absolute atomic E-state index is 0.249. The largest absolute Gasteiger partial charge is 0.490 e. The summed E-state index contributed by atoms with van der Waals surface area (Å²) in [6.07, 6.45) is 0. The van der Waals surface area contributed by atoms with Gasteiger partial charge in [-0.25, -0.2) is 4.79 Å². The predicted molar refractivity (Wildman–Crippen MR) is 96.7 cm³/mol. The van der Waals surface area contributed by atoms with Crippen LogP contribution in [0.4, 0.5) is 5.00 Å². The maximum atomic E-state index is 12.2. The number of thiophene rings is 1. The third-order valence-electron chi connectivity index (χ3n) is 3.15. The third-order valence-corrected chi connectivity index (χ3v) is 3.98. The zero-order chi connectivity index (χ0) is 18.9. The number of hydrogen-bond donors (Lipinski definition) is 1. The molecule has 1 heterocycles. The van der Waals surface area contributed by atoms with E-state index in [0.717, 1.165) is 0 Å². The van der Waals surface area contributed by atoms with Crippen LogP contribution < -0.4 is 14.8 Å². The Balaban J connectivity index is 1.97. The van der Waals surface area contributed by atoms with Gasteiger partial charge in [-0.2, -0.15) is 5.26 Å². The van der Waals surface area contributed by atoms with Crippen LogP contribution >= 0.6 is 11.3 Å². The third kappa shape index (κ3) is 4.97. The molecule has 0 aliphatic heterocycles. The van der Waals surface area contributed by atoms with E-state index in [4.69, 9.17) is 19.5 Å². The van der Waals surface area contributed by atoms with E-state index in [1.807, 2.05) is 19.9 Å². The molecule has 0 spiro atoms. The lowest BCUT2D eigenvalue weighted by Crippen LogP contribution is -2.20. The summed E-state index contributed by atoms with van der Waals surface area (Å²) in [6, 6.07) is 8.25. The average Bonchev–Trinajstić information content (AvgIpc) is 3.08. The Morgan fingerprint density at radius 2 is 1.88 bits per heavy atom. The van der Waals surface area contributed by atoms with Crippen LogP contribution in [0.1, 0.15) is 29.8 Å². The van der Waals surface area contributed by atoms with Crippen molar-refractivity contribution in [3.63, 3.8) is 0 Å². The fourth-order valence-electron chi connectivity index (χ4n) is 2.05. The van der Waals surface area contributed by atoms with E-state index >= 15 is 0 Å². The van der Waals surface area contributed by atoms with Crippen LogP contribution in [0.3, 0.4) is 0 Å². The summed E-state index contributed by atoms with van der Waals surface area (Å²) >= 11 is 1.22. The normalized spacial score (nSPS) is 9.88. The number of nitrogens with one attached hydrogen (secondary N) is 1. The smallest absolute Gasteiger partial charge is 0.338 e. The lowest BCUT2D eigenvalue weighted by Gasteiger charge is -2.12. The van der Waals surface area contributed by atoms with Gasteiger partial charge < -0.3 is 19.5 Å². The van der Waals surface area contributed by atoms with Gasteiger partial charge in [0.2, 0.25) is 0 Å². The molecule has 0 fully saturated rings. The van der Waals surface area contributed by atoms with Crippen molar-refractivity contribution in [3.05, 3.63) is 40.8 Å². The number of rotatable bonds is 8. The molecule has 0 saturated carbocycles. The zero-order valence-corrected chi connectivity index (χ0v) is 15.2. The zero-order valence-electron chi connectivity index (χ0n) is 14.4. The fourth-order valence-corrected chi connectivity index (χ4v) is 2.80. The van der Waals surface area contributed by atoms with Crippen LogP contribution in [0.15, 0.2) is 29.6 Å². The van der Waals surface area contributed by atoms with E-state index in [1.54, 1.807) is 23.6 Å². The highest BCUT2D eigenvalue weighted by Crippen LogP contribution is 2.29.